The minimum absolute atomic E-state index is 0.140. The van der Waals surface area contributed by atoms with E-state index in [1.807, 2.05) is 13.8 Å². The molecule has 0 bridgehead atoms. The van der Waals surface area contributed by atoms with E-state index >= 15 is 0 Å². The summed E-state index contributed by atoms with van der Waals surface area (Å²) in [7, 11) is 0. The van der Waals surface area contributed by atoms with Gasteiger partial charge in [-0.05, 0) is 46.7 Å². The van der Waals surface area contributed by atoms with E-state index < -0.39 is 0 Å². The molecule has 1 atom stereocenters. The third kappa shape index (κ3) is 6.03. The first-order valence-corrected chi connectivity index (χ1v) is 6.83. The number of hydrogen-bond acceptors (Lipinski definition) is 3. The van der Waals surface area contributed by atoms with E-state index in [-0.39, 0.29) is 11.9 Å². The number of nitrogens with zero attached hydrogens (tertiary/aromatic N) is 1. The monoisotopic (exact) mass is 241 g/mol. The second-order valence-electron chi connectivity index (χ2n) is 5.27. The Morgan fingerprint density at radius 2 is 1.88 bits per heavy atom. The fraction of sp³-hybridized carbons (Fsp3) is 0.923. The van der Waals surface area contributed by atoms with Crippen molar-refractivity contribution in [1.82, 2.24) is 15.5 Å². The molecule has 1 rings (SSSR count). The molecule has 0 aromatic rings. The number of likely N-dealkylation sites (tertiary alicyclic amines) is 1. The van der Waals surface area contributed by atoms with Crippen LogP contribution in [0.3, 0.4) is 0 Å². The van der Waals surface area contributed by atoms with Crippen LogP contribution < -0.4 is 10.6 Å². The highest BCUT2D eigenvalue weighted by Gasteiger charge is 2.17. The number of nitrogens with one attached hydrogen (secondary N) is 2. The maximum atomic E-state index is 11.4. The van der Waals surface area contributed by atoms with Gasteiger partial charge in [-0.2, -0.15) is 0 Å². The largest absolute Gasteiger partial charge is 0.354 e. The SMILES string of the molecule is CC(C)NC(=O)CCNCC(C)N1CCCC1. The molecule has 0 spiro atoms. The van der Waals surface area contributed by atoms with E-state index in [1.165, 1.54) is 25.9 Å². The lowest BCUT2D eigenvalue weighted by Gasteiger charge is -2.23. The summed E-state index contributed by atoms with van der Waals surface area (Å²) >= 11 is 0. The van der Waals surface area contributed by atoms with Crippen molar-refractivity contribution >= 4 is 5.91 Å². The van der Waals surface area contributed by atoms with Crippen LogP contribution in [0.4, 0.5) is 0 Å². The summed E-state index contributed by atoms with van der Waals surface area (Å²) in [6, 6.07) is 0.830. The molecule has 0 aromatic heterocycles. The number of carbonyl (C=O) groups excluding carboxylic acids is 1. The molecule has 1 fully saturated rings. The Bertz CT molecular complexity index is 225. The quantitative estimate of drug-likeness (QED) is 0.653. The van der Waals surface area contributed by atoms with Crippen LogP contribution in [0.1, 0.15) is 40.0 Å². The van der Waals surface area contributed by atoms with Crippen LogP contribution in [0.25, 0.3) is 0 Å². The first kappa shape index (κ1) is 14.5. The van der Waals surface area contributed by atoms with Crippen molar-refractivity contribution in [3.8, 4) is 0 Å². The molecule has 2 N–H and O–H groups in total. The van der Waals surface area contributed by atoms with E-state index in [0.29, 0.717) is 12.5 Å². The van der Waals surface area contributed by atoms with Gasteiger partial charge < -0.3 is 10.6 Å². The van der Waals surface area contributed by atoms with Gasteiger partial charge in [0.05, 0.1) is 0 Å². The smallest absolute Gasteiger partial charge is 0.221 e. The number of amides is 1. The lowest BCUT2D eigenvalue weighted by molar-refractivity contribution is -0.121. The maximum Gasteiger partial charge on any atom is 0.221 e. The van der Waals surface area contributed by atoms with E-state index in [2.05, 4.69) is 22.5 Å². The molecular formula is C13H27N3O. The first-order chi connectivity index (χ1) is 8.09. The molecule has 100 valence electrons. The number of hydrogen-bond donors (Lipinski definition) is 2. The van der Waals surface area contributed by atoms with Gasteiger partial charge in [-0.1, -0.05) is 0 Å². The Morgan fingerprint density at radius 3 is 2.47 bits per heavy atom. The van der Waals surface area contributed by atoms with Crippen molar-refractivity contribution in [3.05, 3.63) is 0 Å². The third-order valence-corrected chi connectivity index (χ3v) is 3.18. The van der Waals surface area contributed by atoms with Crippen LogP contribution in [-0.4, -0.2) is 49.1 Å². The second-order valence-corrected chi connectivity index (χ2v) is 5.27. The molecule has 4 heteroatoms. The Labute approximate surface area is 105 Å². The summed E-state index contributed by atoms with van der Waals surface area (Å²) in [6.45, 7) is 10.5. The predicted molar refractivity (Wildman–Crippen MR) is 71.0 cm³/mol. The molecule has 1 amide bonds. The van der Waals surface area contributed by atoms with Crippen molar-refractivity contribution in [3.63, 3.8) is 0 Å². The van der Waals surface area contributed by atoms with Gasteiger partial charge in [0.25, 0.3) is 0 Å². The van der Waals surface area contributed by atoms with Gasteiger partial charge in [0.1, 0.15) is 0 Å². The normalized spacial score (nSPS) is 18.6. The summed E-state index contributed by atoms with van der Waals surface area (Å²) in [5.41, 5.74) is 0. The van der Waals surface area contributed by atoms with Crippen molar-refractivity contribution in [2.24, 2.45) is 0 Å². The van der Waals surface area contributed by atoms with Crippen LogP contribution in [0.5, 0.6) is 0 Å². The summed E-state index contributed by atoms with van der Waals surface area (Å²) in [6.07, 6.45) is 3.24. The van der Waals surface area contributed by atoms with E-state index in [4.69, 9.17) is 0 Å². The molecule has 0 saturated carbocycles. The highest BCUT2D eigenvalue weighted by atomic mass is 16.1. The van der Waals surface area contributed by atoms with Gasteiger partial charge >= 0.3 is 0 Å². The topological polar surface area (TPSA) is 44.4 Å². The summed E-state index contributed by atoms with van der Waals surface area (Å²) in [5.74, 6) is 0.140. The molecule has 1 aliphatic rings. The zero-order valence-corrected chi connectivity index (χ0v) is 11.5. The molecule has 1 aliphatic heterocycles. The maximum absolute atomic E-state index is 11.4. The summed E-state index contributed by atoms with van der Waals surface area (Å²) in [5, 5.41) is 6.26. The minimum Gasteiger partial charge on any atom is -0.354 e. The van der Waals surface area contributed by atoms with E-state index in [1.54, 1.807) is 0 Å². The first-order valence-electron chi connectivity index (χ1n) is 6.83. The summed E-state index contributed by atoms with van der Waals surface area (Å²) < 4.78 is 0. The van der Waals surface area contributed by atoms with Crippen LogP contribution in [0, 0.1) is 0 Å². The minimum atomic E-state index is 0.140. The lowest BCUT2D eigenvalue weighted by Crippen LogP contribution is -2.40. The third-order valence-electron chi connectivity index (χ3n) is 3.18. The van der Waals surface area contributed by atoms with Crippen LogP contribution in [0.2, 0.25) is 0 Å². The van der Waals surface area contributed by atoms with Crippen molar-refractivity contribution in [2.75, 3.05) is 26.2 Å². The van der Waals surface area contributed by atoms with E-state index in [0.717, 1.165) is 13.1 Å². The fourth-order valence-electron chi connectivity index (χ4n) is 2.22. The molecular weight excluding hydrogens is 214 g/mol. The van der Waals surface area contributed by atoms with Gasteiger partial charge in [0, 0.05) is 31.6 Å². The average Bonchev–Trinajstić information content (AvgIpc) is 2.76. The van der Waals surface area contributed by atoms with Gasteiger partial charge in [-0.25, -0.2) is 0 Å². The van der Waals surface area contributed by atoms with Gasteiger partial charge in [-0.3, -0.25) is 9.69 Å². The number of rotatable bonds is 7. The lowest BCUT2D eigenvalue weighted by atomic mass is 10.3. The molecule has 1 saturated heterocycles. The second kappa shape index (κ2) is 7.67. The summed E-state index contributed by atoms with van der Waals surface area (Å²) in [4.78, 5) is 13.9. The Hall–Kier alpha value is -0.610. The van der Waals surface area contributed by atoms with Crippen LogP contribution in [-0.2, 0) is 4.79 Å². The van der Waals surface area contributed by atoms with Crippen molar-refractivity contribution in [2.45, 2.75) is 52.1 Å². The van der Waals surface area contributed by atoms with Crippen molar-refractivity contribution in [1.29, 1.82) is 0 Å². The van der Waals surface area contributed by atoms with Gasteiger partial charge in [0.15, 0.2) is 0 Å². The predicted octanol–water partition coefficient (Wildman–Crippen LogP) is 0.975. The van der Waals surface area contributed by atoms with E-state index in [9.17, 15) is 4.79 Å². The molecule has 0 radical (unpaired) electrons. The van der Waals surface area contributed by atoms with Gasteiger partial charge in [0.2, 0.25) is 5.91 Å². The fourth-order valence-corrected chi connectivity index (χ4v) is 2.22. The average molecular weight is 241 g/mol. The zero-order valence-electron chi connectivity index (χ0n) is 11.5. The zero-order chi connectivity index (χ0) is 12.7. The molecule has 1 unspecified atom stereocenters. The Kier molecular flexibility index (Phi) is 6.52. The molecule has 17 heavy (non-hydrogen) atoms. The highest BCUT2D eigenvalue weighted by molar-refractivity contribution is 5.76. The van der Waals surface area contributed by atoms with Crippen molar-refractivity contribution < 1.29 is 4.79 Å². The Balaban J connectivity index is 2.01. The van der Waals surface area contributed by atoms with Gasteiger partial charge in [-0.15, -0.1) is 0 Å². The number of carbonyl (C=O) groups is 1. The Morgan fingerprint density at radius 1 is 1.24 bits per heavy atom. The standard InChI is InChI=1S/C13H27N3O/c1-11(2)15-13(17)6-7-14-10-12(3)16-8-4-5-9-16/h11-12,14H,4-10H2,1-3H3,(H,15,17). The molecule has 0 aromatic carbocycles. The molecule has 4 nitrogen and oxygen atoms in total. The van der Waals surface area contributed by atoms with Crippen LogP contribution in [0.15, 0.2) is 0 Å². The molecule has 1 heterocycles. The molecule has 0 aliphatic carbocycles. The highest BCUT2D eigenvalue weighted by Crippen LogP contribution is 2.10. The van der Waals surface area contributed by atoms with Crippen LogP contribution >= 0.6 is 0 Å².